The molecule has 0 spiro atoms. The van der Waals surface area contributed by atoms with Crippen molar-refractivity contribution in [2.45, 2.75) is 39.2 Å². The van der Waals surface area contributed by atoms with Crippen molar-refractivity contribution in [2.24, 2.45) is 0 Å². The van der Waals surface area contributed by atoms with Crippen molar-refractivity contribution >= 4 is 11.3 Å². The average molecular weight is 272 g/mol. The maximum Gasteiger partial charge on any atom is 0.101 e. The lowest BCUT2D eigenvalue weighted by Gasteiger charge is -2.28. The van der Waals surface area contributed by atoms with Crippen molar-refractivity contribution in [3.8, 4) is 0 Å². The molecule has 0 radical (unpaired) electrons. The maximum atomic E-state index is 4.79. The lowest BCUT2D eigenvalue weighted by atomic mass is 9.78. The predicted molar refractivity (Wildman–Crippen MR) is 80.8 cm³/mol. The number of benzene rings is 1. The van der Waals surface area contributed by atoms with Crippen LogP contribution in [0.1, 0.15) is 46.0 Å². The Morgan fingerprint density at radius 1 is 1.37 bits per heavy atom. The number of thiazole rings is 1. The molecule has 1 heterocycles. The summed E-state index contributed by atoms with van der Waals surface area (Å²) in [5, 5.41) is 4.77. The molecule has 1 aliphatic rings. The van der Waals surface area contributed by atoms with Gasteiger partial charge in [-0.3, -0.25) is 0 Å². The number of rotatable bonds is 5. The van der Waals surface area contributed by atoms with Crippen LogP contribution >= 0.6 is 11.3 Å². The van der Waals surface area contributed by atoms with Crippen molar-refractivity contribution in [2.75, 3.05) is 6.54 Å². The van der Waals surface area contributed by atoms with Gasteiger partial charge in [-0.15, -0.1) is 11.3 Å². The zero-order chi connectivity index (χ0) is 13.2. The molecular formula is C16H20N2S. The van der Waals surface area contributed by atoms with Gasteiger partial charge in [0.1, 0.15) is 5.01 Å². The number of hydrogen-bond donors (Lipinski definition) is 1. The summed E-state index contributed by atoms with van der Waals surface area (Å²) in [5.74, 6) is 0.542. The summed E-state index contributed by atoms with van der Waals surface area (Å²) < 4.78 is 0. The van der Waals surface area contributed by atoms with Gasteiger partial charge in [-0.05, 0) is 37.4 Å². The Bertz CT molecular complexity index is 574. The minimum atomic E-state index is 0.542. The standard InChI is InChI=1S/C16H20N2S/c1-3-8-17-10-15-11(2)18-16(19-15)14-9-12-6-4-5-7-13(12)14/h4-7,14,17H,3,8-10H2,1-2H3. The largest absolute Gasteiger partial charge is 0.312 e. The van der Waals surface area contributed by atoms with Crippen LogP contribution in [0.25, 0.3) is 0 Å². The van der Waals surface area contributed by atoms with Gasteiger partial charge in [0.15, 0.2) is 0 Å². The molecule has 1 aromatic carbocycles. The Kier molecular flexibility index (Phi) is 3.67. The third-order valence-corrected chi connectivity index (χ3v) is 5.05. The molecule has 2 aromatic rings. The monoisotopic (exact) mass is 272 g/mol. The summed E-state index contributed by atoms with van der Waals surface area (Å²) in [7, 11) is 0. The van der Waals surface area contributed by atoms with Crippen molar-refractivity contribution in [1.29, 1.82) is 0 Å². The lowest BCUT2D eigenvalue weighted by Crippen LogP contribution is -2.17. The molecule has 1 atom stereocenters. The van der Waals surface area contributed by atoms with Crippen molar-refractivity contribution in [3.05, 3.63) is 51.0 Å². The van der Waals surface area contributed by atoms with Crippen LogP contribution in [0.3, 0.4) is 0 Å². The van der Waals surface area contributed by atoms with E-state index in [2.05, 4.69) is 43.4 Å². The minimum Gasteiger partial charge on any atom is -0.312 e. The van der Waals surface area contributed by atoms with Crippen LogP contribution in [0.5, 0.6) is 0 Å². The molecule has 0 saturated heterocycles. The molecule has 0 aliphatic heterocycles. The first-order valence-electron chi connectivity index (χ1n) is 7.04. The molecule has 0 bridgehead atoms. The van der Waals surface area contributed by atoms with Crippen LogP contribution in [-0.2, 0) is 13.0 Å². The fraction of sp³-hybridized carbons (Fsp3) is 0.438. The first-order valence-corrected chi connectivity index (χ1v) is 7.86. The van der Waals surface area contributed by atoms with Gasteiger partial charge in [0.2, 0.25) is 0 Å². The third kappa shape index (κ3) is 2.45. The Morgan fingerprint density at radius 3 is 3.00 bits per heavy atom. The lowest BCUT2D eigenvalue weighted by molar-refractivity contribution is 0.678. The normalized spacial score (nSPS) is 17.1. The molecular weight excluding hydrogens is 252 g/mol. The highest BCUT2D eigenvalue weighted by atomic mass is 32.1. The van der Waals surface area contributed by atoms with Crippen LogP contribution in [0.4, 0.5) is 0 Å². The second-order valence-corrected chi connectivity index (χ2v) is 6.31. The molecule has 1 aromatic heterocycles. The van der Waals surface area contributed by atoms with E-state index in [1.165, 1.54) is 33.1 Å². The number of aromatic nitrogens is 1. The highest BCUT2D eigenvalue weighted by molar-refractivity contribution is 7.11. The van der Waals surface area contributed by atoms with Crippen molar-refractivity contribution in [1.82, 2.24) is 10.3 Å². The SMILES string of the molecule is CCCNCc1sc(C2Cc3ccccc32)nc1C. The zero-order valence-corrected chi connectivity index (χ0v) is 12.4. The molecule has 3 heteroatoms. The summed E-state index contributed by atoms with van der Waals surface area (Å²) >= 11 is 1.88. The predicted octanol–water partition coefficient (Wildman–Crippen LogP) is 3.64. The van der Waals surface area contributed by atoms with Crippen LogP contribution < -0.4 is 5.32 Å². The van der Waals surface area contributed by atoms with E-state index >= 15 is 0 Å². The summed E-state index contributed by atoms with van der Waals surface area (Å²) in [6.45, 7) is 6.38. The number of hydrogen-bond acceptors (Lipinski definition) is 3. The highest BCUT2D eigenvalue weighted by Gasteiger charge is 2.29. The summed E-state index contributed by atoms with van der Waals surface area (Å²) in [5.41, 5.74) is 4.17. The van der Waals surface area contributed by atoms with E-state index in [1.54, 1.807) is 0 Å². The molecule has 3 rings (SSSR count). The molecule has 0 amide bonds. The van der Waals surface area contributed by atoms with E-state index in [9.17, 15) is 0 Å². The second kappa shape index (κ2) is 5.43. The van der Waals surface area contributed by atoms with E-state index in [0.717, 1.165) is 19.5 Å². The maximum absolute atomic E-state index is 4.79. The van der Waals surface area contributed by atoms with Crippen LogP contribution in [0.2, 0.25) is 0 Å². The summed E-state index contributed by atoms with van der Waals surface area (Å²) in [6.07, 6.45) is 2.34. The van der Waals surface area contributed by atoms with Crippen LogP contribution in [0, 0.1) is 6.92 Å². The number of fused-ring (bicyclic) bond motifs is 1. The van der Waals surface area contributed by atoms with Crippen molar-refractivity contribution in [3.63, 3.8) is 0 Å². The molecule has 1 aliphatic carbocycles. The molecule has 100 valence electrons. The van der Waals surface area contributed by atoms with E-state index < -0.39 is 0 Å². The van der Waals surface area contributed by atoms with Gasteiger partial charge in [-0.2, -0.15) is 0 Å². The van der Waals surface area contributed by atoms with Gasteiger partial charge in [0, 0.05) is 17.3 Å². The van der Waals surface area contributed by atoms with Gasteiger partial charge in [0.05, 0.1) is 5.69 Å². The Hall–Kier alpha value is -1.19. The third-order valence-electron chi connectivity index (χ3n) is 3.77. The Morgan fingerprint density at radius 2 is 2.21 bits per heavy atom. The fourth-order valence-corrected chi connectivity index (χ4v) is 3.78. The van der Waals surface area contributed by atoms with E-state index in [4.69, 9.17) is 4.98 Å². The highest BCUT2D eigenvalue weighted by Crippen LogP contribution is 2.41. The molecule has 1 unspecified atom stereocenters. The topological polar surface area (TPSA) is 24.9 Å². The number of aryl methyl sites for hydroxylation is 1. The Balaban J connectivity index is 1.75. The number of nitrogens with one attached hydrogen (secondary N) is 1. The van der Waals surface area contributed by atoms with Gasteiger partial charge in [-0.25, -0.2) is 4.98 Å². The first kappa shape index (κ1) is 12.8. The molecule has 0 fully saturated rings. The van der Waals surface area contributed by atoms with Crippen LogP contribution in [-0.4, -0.2) is 11.5 Å². The van der Waals surface area contributed by atoms with E-state index in [1.807, 2.05) is 11.3 Å². The second-order valence-electron chi connectivity index (χ2n) is 5.19. The van der Waals surface area contributed by atoms with E-state index in [-0.39, 0.29) is 0 Å². The Labute approximate surface area is 118 Å². The zero-order valence-electron chi connectivity index (χ0n) is 11.6. The molecule has 0 saturated carbocycles. The average Bonchev–Trinajstić information content (AvgIpc) is 2.73. The van der Waals surface area contributed by atoms with Gasteiger partial charge in [0.25, 0.3) is 0 Å². The summed E-state index contributed by atoms with van der Waals surface area (Å²) in [6, 6.07) is 8.74. The molecule has 1 N–H and O–H groups in total. The number of nitrogens with zero attached hydrogens (tertiary/aromatic N) is 1. The van der Waals surface area contributed by atoms with Gasteiger partial charge in [-0.1, -0.05) is 31.2 Å². The minimum absolute atomic E-state index is 0.542. The van der Waals surface area contributed by atoms with Gasteiger partial charge < -0.3 is 5.32 Å². The van der Waals surface area contributed by atoms with Crippen molar-refractivity contribution < 1.29 is 0 Å². The summed E-state index contributed by atoms with van der Waals surface area (Å²) in [4.78, 5) is 6.18. The molecule has 2 nitrogen and oxygen atoms in total. The van der Waals surface area contributed by atoms with Crippen LogP contribution in [0.15, 0.2) is 24.3 Å². The van der Waals surface area contributed by atoms with E-state index in [0.29, 0.717) is 5.92 Å². The van der Waals surface area contributed by atoms with Gasteiger partial charge >= 0.3 is 0 Å². The smallest absolute Gasteiger partial charge is 0.101 e. The first-order chi connectivity index (χ1) is 9.29. The molecule has 19 heavy (non-hydrogen) atoms. The fourth-order valence-electron chi connectivity index (χ4n) is 2.62. The quantitative estimate of drug-likeness (QED) is 0.841.